The lowest BCUT2D eigenvalue weighted by Gasteiger charge is -2.28. The minimum absolute atomic E-state index is 0.149. The summed E-state index contributed by atoms with van der Waals surface area (Å²) in [6.07, 6.45) is 2.82. The maximum Gasteiger partial charge on any atom is 0.302 e. The van der Waals surface area contributed by atoms with Crippen molar-refractivity contribution in [2.75, 3.05) is 11.5 Å². The van der Waals surface area contributed by atoms with Crippen molar-refractivity contribution in [2.24, 2.45) is 11.8 Å². The van der Waals surface area contributed by atoms with Crippen LogP contribution in [0.25, 0.3) is 0 Å². The Labute approximate surface area is 153 Å². The summed E-state index contributed by atoms with van der Waals surface area (Å²) in [4.78, 5) is 38.3. The van der Waals surface area contributed by atoms with Gasteiger partial charge in [0.05, 0.1) is 29.2 Å². The standard InChI is InChI=1S/C18H13ClN2O5/c1-9(22)25-8-18-5-4-13(26-18)14-15(18)17(24)21(16(14)23)12-6-11(19)3-2-10(12)7-20/h2-6,13-15H,8H2,1H3/t13-,14+,15+,18-/m1/s1. The summed E-state index contributed by atoms with van der Waals surface area (Å²) in [6, 6.07) is 6.38. The molecule has 4 rings (SSSR count). The third-order valence-electron chi connectivity index (χ3n) is 4.98. The van der Waals surface area contributed by atoms with Crippen LogP contribution in [0.15, 0.2) is 30.4 Å². The normalized spacial score (nSPS) is 31.3. The average Bonchev–Trinajstić information content (AvgIpc) is 3.24. The van der Waals surface area contributed by atoms with Crippen LogP contribution in [0.3, 0.4) is 0 Å². The van der Waals surface area contributed by atoms with E-state index >= 15 is 0 Å². The molecule has 3 heterocycles. The van der Waals surface area contributed by atoms with Gasteiger partial charge in [0.2, 0.25) is 11.8 Å². The predicted octanol–water partition coefficient (Wildman–Crippen LogP) is 1.59. The highest BCUT2D eigenvalue weighted by Gasteiger charge is 2.68. The topological polar surface area (TPSA) is 96.7 Å². The number of hydrogen-bond donors (Lipinski definition) is 0. The van der Waals surface area contributed by atoms with Crippen LogP contribution in [0.2, 0.25) is 5.02 Å². The number of benzene rings is 1. The second-order valence-electron chi connectivity index (χ2n) is 6.47. The Morgan fingerprint density at radius 2 is 2.19 bits per heavy atom. The van der Waals surface area contributed by atoms with E-state index in [-0.39, 0.29) is 17.9 Å². The van der Waals surface area contributed by atoms with Gasteiger partial charge in [-0.2, -0.15) is 5.26 Å². The van der Waals surface area contributed by atoms with Crippen molar-refractivity contribution in [3.05, 3.63) is 40.9 Å². The minimum Gasteiger partial charge on any atom is -0.462 e. The zero-order valence-electron chi connectivity index (χ0n) is 13.6. The van der Waals surface area contributed by atoms with Gasteiger partial charge in [0.25, 0.3) is 0 Å². The Morgan fingerprint density at radius 3 is 2.88 bits per heavy atom. The molecule has 2 bridgehead atoms. The van der Waals surface area contributed by atoms with Crippen LogP contribution in [0, 0.1) is 23.2 Å². The van der Waals surface area contributed by atoms with Crippen LogP contribution in [0.5, 0.6) is 0 Å². The van der Waals surface area contributed by atoms with E-state index < -0.39 is 41.3 Å². The Balaban J connectivity index is 1.75. The summed E-state index contributed by atoms with van der Waals surface area (Å²) in [6.45, 7) is 1.11. The third-order valence-corrected chi connectivity index (χ3v) is 5.21. The molecule has 3 aliphatic rings. The van der Waals surface area contributed by atoms with Gasteiger partial charge in [-0.1, -0.05) is 17.7 Å². The first kappa shape index (κ1) is 16.8. The van der Waals surface area contributed by atoms with Gasteiger partial charge in [-0.05, 0) is 24.3 Å². The van der Waals surface area contributed by atoms with E-state index in [4.69, 9.17) is 21.1 Å². The summed E-state index contributed by atoms with van der Waals surface area (Å²) >= 11 is 6.00. The highest BCUT2D eigenvalue weighted by atomic mass is 35.5. The van der Waals surface area contributed by atoms with E-state index in [1.165, 1.54) is 25.1 Å². The fraction of sp³-hybridized carbons (Fsp3) is 0.333. The molecular formula is C18H13ClN2O5. The number of amides is 2. The first-order valence-electron chi connectivity index (χ1n) is 7.96. The van der Waals surface area contributed by atoms with Crippen LogP contribution in [-0.2, 0) is 23.9 Å². The number of halogens is 1. The fourth-order valence-electron chi connectivity index (χ4n) is 3.90. The van der Waals surface area contributed by atoms with E-state index in [0.29, 0.717) is 5.02 Å². The van der Waals surface area contributed by atoms with Crippen molar-refractivity contribution in [1.29, 1.82) is 5.26 Å². The minimum atomic E-state index is -1.16. The van der Waals surface area contributed by atoms with E-state index in [9.17, 15) is 19.6 Å². The molecule has 0 saturated carbocycles. The maximum absolute atomic E-state index is 13.1. The van der Waals surface area contributed by atoms with E-state index in [0.717, 1.165) is 4.90 Å². The smallest absolute Gasteiger partial charge is 0.302 e. The summed E-state index contributed by atoms with van der Waals surface area (Å²) in [5.74, 6) is -2.96. The van der Waals surface area contributed by atoms with Crippen molar-refractivity contribution in [1.82, 2.24) is 0 Å². The SMILES string of the molecule is CC(=O)OC[C@@]12C=C[C@@H](O1)[C@@H]1C(=O)N(c3cc(Cl)ccc3C#N)C(=O)[C@H]12. The van der Waals surface area contributed by atoms with E-state index in [1.54, 1.807) is 12.2 Å². The fourth-order valence-corrected chi connectivity index (χ4v) is 4.07. The van der Waals surface area contributed by atoms with Gasteiger partial charge >= 0.3 is 5.97 Å². The third kappa shape index (κ3) is 2.19. The Kier molecular flexibility index (Phi) is 3.65. The van der Waals surface area contributed by atoms with Crippen molar-refractivity contribution < 1.29 is 23.9 Å². The predicted molar refractivity (Wildman–Crippen MR) is 89.0 cm³/mol. The molecule has 0 aromatic heterocycles. The molecule has 1 aromatic rings. The van der Waals surface area contributed by atoms with Gasteiger partial charge in [-0.3, -0.25) is 14.4 Å². The number of hydrogen-bond acceptors (Lipinski definition) is 6. The molecule has 0 unspecified atom stereocenters. The molecule has 2 fully saturated rings. The molecule has 1 aromatic carbocycles. The number of carbonyl (C=O) groups is 3. The molecule has 26 heavy (non-hydrogen) atoms. The molecular weight excluding hydrogens is 360 g/mol. The van der Waals surface area contributed by atoms with Crippen LogP contribution < -0.4 is 4.90 Å². The van der Waals surface area contributed by atoms with Gasteiger partial charge in [0, 0.05) is 11.9 Å². The van der Waals surface area contributed by atoms with Gasteiger partial charge < -0.3 is 9.47 Å². The average molecular weight is 373 g/mol. The summed E-state index contributed by atoms with van der Waals surface area (Å²) in [5, 5.41) is 9.63. The molecule has 132 valence electrons. The summed E-state index contributed by atoms with van der Waals surface area (Å²) in [7, 11) is 0. The molecule has 0 radical (unpaired) electrons. The molecule has 3 aliphatic heterocycles. The molecule has 7 nitrogen and oxygen atoms in total. The number of carbonyl (C=O) groups excluding carboxylic acids is 3. The lowest BCUT2D eigenvalue weighted by molar-refractivity contribution is -0.150. The van der Waals surface area contributed by atoms with Crippen LogP contribution in [0.4, 0.5) is 5.69 Å². The zero-order chi connectivity index (χ0) is 18.6. The highest BCUT2D eigenvalue weighted by Crippen LogP contribution is 2.53. The van der Waals surface area contributed by atoms with Gasteiger partial charge in [0.15, 0.2) is 0 Å². The number of anilines is 1. The van der Waals surface area contributed by atoms with Gasteiger partial charge in [-0.15, -0.1) is 0 Å². The number of esters is 1. The zero-order valence-corrected chi connectivity index (χ0v) is 14.4. The highest BCUT2D eigenvalue weighted by molar-refractivity contribution is 6.31. The molecule has 2 amide bonds. The molecule has 4 atom stereocenters. The monoisotopic (exact) mass is 372 g/mol. The first-order valence-corrected chi connectivity index (χ1v) is 8.34. The van der Waals surface area contributed by atoms with Gasteiger partial charge in [0.1, 0.15) is 18.3 Å². The van der Waals surface area contributed by atoms with E-state index in [2.05, 4.69) is 0 Å². The number of rotatable bonds is 3. The van der Waals surface area contributed by atoms with Crippen molar-refractivity contribution in [2.45, 2.75) is 18.6 Å². The second kappa shape index (κ2) is 5.66. The lowest BCUT2D eigenvalue weighted by Crippen LogP contribution is -2.44. The summed E-state index contributed by atoms with van der Waals surface area (Å²) < 4.78 is 10.9. The Morgan fingerprint density at radius 1 is 1.42 bits per heavy atom. The molecule has 8 heteroatoms. The molecule has 2 saturated heterocycles. The van der Waals surface area contributed by atoms with Crippen LogP contribution in [0.1, 0.15) is 12.5 Å². The number of nitrogens with zero attached hydrogens (tertiary/aromatic N) is 2. The van der Waals surface area contributed by atoms with E-state index in [1.807, 2.05) is 6.07 Å². The number of imide groups is 1. The number of nitriles is 1. The lowest BCUT2D eigenvalue weighted by atomic mass is 9.77. The molecule has 0 spiro atoms. The maximum atomic E-state index is 13.1. The Bertz CT molecular complexity index is 921. The second-order valence-corrected chi connectivity index (χ2v) is 6.90. The Hall–Kier alpha value is -2.69. The van der Waals surface area contributed by atoms with Crippen molar-refractivity contribution in [3.8, 4) is 6.07 Å². The van der Waals surface area contributed by atoms with Crippen molar-refractivity contribution in [3.63, 3.8) is 0 Å². The largest absolute Gasteiger partial charge is 0.462 e. The quantitative estimate of drug-likeness (QED) is 0.454. The van der Waals surface area contributed by atoms with Gasteiger partial charge in [-0.25, -0.2) is 4.90 Å². The molecule has 0 aliphatic carbocycles. The van der Waals surface area contributed by atoms with Crippen LogP contribution >= 0.6 is 11.6 Å². The van der Waals surface area contributed by atoms with Crippen molar-refractivity contribution >= 4 is 35.1 Å². The number of fused-ring (bicyclic) bond motifs is 5. The number of ether oxygens (including phenoxy) is 2. The van der Waals surface area contributed by atoms with Crippen LogP contribution in [-0.4, -0.2) is 36.1 Å². The first-order chi connectivity index (χ1) is 12.4. The summed E-state index contributed by atoms with van der Waals surface area (Å²) in [5.41, 5.74) is -0.828. The molecule has 0 N–H and O–H groups in total.